The van der Waals surface area contributed by atoms with Crippen LogP contribution in [0.3, 0.4) is 0 Å². The fourth-order valence-electron chi connectivity index (χ4n) is 4.48. The van der Waals surface area contributed by atoms with Crippen LogP contribution in [0.5, 0.6) is 17.2 Å². The molecule has 1 aliphatic rings. The monoisotopic (exact) mass is 487 g/mol. The average Bonchev–Trinajstić information content (AvgIpc) is 3.17. The molecule has 1 saturated heterocycles. The highest BCUT2D eigenvalue weighted by Crippen LogP contribution is 2.43. The van der Waals surface area contributed by atoms with Crippen LogP contribution in [0.4, 0.5) is 0 Å². The molecule has 7 heteroatoms. The number of Topliss-reactive ketones (excluding diaryl/α,β-unsaturated/α-hetero) is 1. The van der Waals surface area contributed by atoms with Crippen LogP contribution in [-0.4, -0.2) is 43.0 Å². The maximum Gasteiger partial charge on any atom is 0.295 e. The van der Waals surface area contributed by atoms with Crippen LogP contribution in [0.2, 0.25) is 0 Å². The van der Waals surface area contributed by atoms with E-state index in [2.05, 4.69) is 0 Å². The highest BCUT2D eigenvalue weighted by molar-refractivity contribution is 6.46. The fraction of sp³-hybridized carbons (Fsp3) is 0.241. The molecule has 1 aliphatic heterocycles. The molecule has 1 amide bonds. The lowest BCUT2D eigenvalue weighted by atomic mass is 9.94. The molecule has 0 aliphatic carbocycles. The SMILES string of the molecule is CCc1ccc(/C(O)=C2/C(=O)C(=O)N(Cc3ccccc3OC)C2c2ccc(OC)c(OC)c2)cc1. The van der Waals surface area contributed by atoms with E-state index in [9.17, 15) is 14.7 Å². The Morgan fingerprint density at radius 3 is 2.17 bits per heavy atom. The molecule has 7 nitrogen and oxygen atoms in total. The van der Waals surface area contributed by atoms with Crippen molar-refractivity contribution in [3.05, 3.63) is 94.6 Å². The van der Waals surface area contributed by atoms with Crippen molar-refractivity contribution in [2.75, 3.05) is 21.3 Å². The number of amides is 1. The van der Waals surface area contributed by atoms with Gasteiger partial charge in [0.25, 0.3) is 11.7 Å². The van der Waals surface area contributed by atoms with Gasteiger partial charge < -0.3 is 24.2 Å². The topological polar surface area (TPSA) is 85.3 Å². The highest BCUT2D eigenvalue weighted by Gasteiger charge is 2.46. The molecule has 36 heavy (non-hydrogen) atoms. The molecule has 3 aromatic rings. The van der Waals surface area contributed by atoms with E-state index in [0.717, 1.165) is 17.5 Å². The minimum atomic E-state index is -0.847. The summed E-state index contributed by atoms with van der Waals surface area (Å²) in [6.07, 6.45) is 0.843. The Labute approximate surface area is 210 Å². The molecular weight excluding hydrogens is 458 g/mol. The Morgan fingerprint density at radius 2 is 1.53 bits per heavy atom. The zero-order chi connectivity index (χ0) is 25.8. The quantitative estimate of drug-likeness (QED) is 0.276. The summed E-state index contributed by atoms with van der Waals surface area (Å²) in [5.41, 5.74) is 2.92. The van der Waals surface area contributed by atoms with Gasteiger partial charge in [0.1, 0.15) is 11.5 Å². The molecular formula is C29H29NO6. The van der Waals surface area contributed by atoms with Gasteiger partial charge >= 0.3 is 0 Å². The van der Waals surface area contributed by atoms with Crippen LogP contribution in [0, 0.1) is 0 Å². The standard InChI is InChI=1S/C29H29NO6/c1-5-18-10-12-19(13-11-18)27(31)25-26(20-14-15-23(35-3)24(16-20)36-4)30(29(33)28(25)32)17-21-8-6-7-9-22(21)34-2/h6-16,26,31H,5,17H2,1-4H3/b27-25-. The van der Waals surface area contributed by atoms with Crippen LogP contribution in [-0.2, 0) is 22.6 Å². The Kier molecular flexibility index (Phi) is 7.29. The summed E-state index contributed by atoms with van der Waals surface area (Å²) < 4.78 is 16.3. The van der Waals surface area contributed by atoms with Gasteiger partial charge in [-0.2, -0.15) is 0 Å². The van der Waals surface area contributed by atoms with Gasteiger partial charge in [0, 0.05) is 11.1 Å². The van der Waals surface area contributed by atoms with E-state index >= 15 is 0 Å². The van der Waals surface area contributed by atoms with Crippen LogP contribution < -0.4 is 14.2 Å². The number of rotatable bonds is 8. The van der Waals surface area contributed by atoms with Gasteiger partial charge in [0.2, 0.25) is 0 Å². The van der Waals surface area contributed by atoms with E-state index in [4.69, 9.17) is 14.2 Å². The number of methoxy groups -OCH3 is 3. The molecule has 186 valence electrons. The summed E-state index contributed by atoms with van der Waals surface area (Å²) in [5, 5.41) is 11.3. The van der Waals surface area contributed by atoms with Crippen molar-refractivity contribution in [2.24, 2.45) is 0 Å². The van der Waals surface area contributed by atoms with Gasteiger partial charge in [-0.3, -0.25) is 9.59 Å². The number of ketones is 1. The van der Waals surface area contributed by atoms with E-state index in [0.29, 0.717) is 28.4 Å². The van der Waals surface area contributed by atoms with Crippen LogP contribution in [0.25, 0.3) is 5.76 Å². The summed E-state index contributed by atoms with van der Waals surface area (Å²) >= 11 is 0. The predicted molar refractivity (Wildman–Crippen MR) is 136 cm³/mol. The summed E-state index contributed by atoms with van der Waals surface area (Å²) in [5.74, 6) is -0.114. The molecule has 1 heterocycles. The van der Waals surface area contributed by atoms with Crippen LogP contribution in [0.1, 0.15) is 35.2 Å². The molecule has 0 aromatic heterocycles. The van der Waals surface area contributed by atoms with Crippen LogP contribution >= 0.6 is 0 Å². The van der Waals surface area contributed by atoms with E-state index in [1.165, 1.54) is 19.1 Å². The number of carbonyl (C=O) groups excluding carboxylic acids is 2. The van der Waals surface area contributed by atoms with Crippen molar-refractivity contribution in [3.8, 4) is 17.2 Å². The molecule has 0 spiro atoms. The third kappa shape index (κ3) is 4.52. The minimum absolute atomic E-state index is 0.0198. The second-order valence-electron chi connectivity index (χ2n) is 8.40. The van der Waals surface area contributed by atoms with E-state index in [1.807, 2.05) is 37.3 Å². The second-order valence-corrected chi connectivity index (χ2v) is 8.40. The smallest absolute Gasteiger partial charge is 0.295 e. The highest BCUT2D eigenvalue weighted by atomic mass is 16.5. The predicted octanol–water partition coefficient (Wildman–Crippen LogP) is 4.90. The molecule has 1 fully saturated rings. The fourth-order valence-corrected chi connectivity index (χ4v) is 4.48. The molecule has 3 aromatic carbocycles. The number of hydrogen-bond acceptors (Lipinski definition) is 6. The number of benzene rings is 3. The summed E-state index contributed by atoms with van der Waals surface area (Å²) in [4.78, 5) is 28.2. The van der Waals surface area contributed by atoms with Crippen molar-refractivity contribution >= 4 is 17.4 Å². The third-order valence-corrected chi connectivity index (χ3v) is 6.43. The van der Waals surface area contributed by atoms with Crippen molar-refractivity contribution in [1.29, 1.82) is 0 Å². The summed E-state index contributed by atoms with van der Waals surface area (Å²) in [7, 11) is 4.60. The zero-order valence-electron chi connectivity index (χ0n) is 20.8. The lowest BCUT2D eigenvalue weighted by Crippen LogP contribution is -2.29. The van der Waals surface area contributed by atoms with E-state index in [-0.39, 0.29) is 17.9 Å². The first-order valence-corrected chi connectivity index (χ1v) is 11.6. The Balaban J connectivity index is 1.89. The molecule has 1 N–H and O–H groups in total. The second kappa shape index (κ2) is 10.6. The van der Waals surface area contributed by atoms with Crippen molar-refractivity contribution in [3.63, 3.8) is 0 Å². The van der Waals surface area contributed by atoms with E-state index in [1.54, 1.807) is 43.5 Å². The van der Waals surface area contributed by atoms with Crippen molar-refractivity contribution in [1.82, 2.24) is 4.90 Å². The molecule has 1 atom stereocenters. The van der Waals surface area contributed by atoms with Crippen LogP contribution in [0.15, 0.2) is 72.3 Å². The summed E-state index contributed by atoms with van der Waals surface area (Å²) in [6.45, 7) is 2.15. The molecule has 0 radical (unpaired) electrons. The first kappa shape index (κ1) is 24.9. The molecule has 1 unspecified atom stereocenters. The normalized spacial score (nSPS) is 16.8. The molecule has 0 bridgehead atoms. The maximum absolute atomic E-state index is 13.4. The molecule has 4 rings (SSSR count). The lowest BCUT2D eigenvalue weighted by Gasteiger charge is -2.26. The zero-order valence-corrected chi connectivity index (χ0v) is 20.8. The number of aliphatic hydroxyl groups excluding tert-OH is 1. The Hall–Kier alpha value is -4.26. The van der Waals surface area contributed by atoms with Gasteiger partial charge in [-0.05, 0) is 35.7 Å². The average molecular weight is 488 g/mol. The van der Waals surface area contributed by atoms with Gasteiger partial charge in [0.15, 0.2) is 11.5 Å². The van der Waals surface area contributed by atoms with Gasteiger partial charge in [-0.15, -0.1) is 0 Å². The minimum Gasteiger partial charge on any atom is -0.507 e. The summed E-state index contributed by atoms with van der Waals surface area (Å²) in [6, 6.07) is 19.0. The number of aryl methyl sites for hydroxylation is 1. The van der Waals surface area contributed by atoms with Crippen molar-refractivity contribution in [2.45, 2.75) is 25.9 Å². The number of ether oxygens (including phenoxy) is 3. The van der Waals surface area contributed by atoms with Gasteiger partial charge in [-0.1, -0.05) is 55.5 Å². The van der Waals surface area contributed by atoms with E-state index < -0.39 is 17.7 Å². The van der Waals surface area contributed by atoms with Crippen molar-refractivity contribution < 1.29 is 28.9 Å². The first-order chi connectivity index (χ1) is 17.4. The Bertz CT molecular complexity index is 1310. The largest absolute Gasteiger partial charge is 0.507 e. The lowest BCUT2D eigenvalue weighted by molar-refractivity contribution is -0.140. The van der Waals surface area contributed by atoms with Gasteiger partial charge in [0.05, 0.1) is 39.5 Å². The Morgan fingerprint density at radius 1 is 0.861 bits per heavy atom. The number of aliphatic hydroxyl groups is 1. The third-order valence-electron chi connectivity index (χ3n) is 6.43. The number of carbonyl (C=O) groups is 2. The molecule has 0 saturated carbocycles. The van der Waals surface area contributed by atoms with Gasteiger partial charge in [-0.25, -0.2) is 0 Å². The number of likely N-dealkylation sites (tertiary alicyclic amines) is 1. The first-order valence-electron chi connectivity index (χ1n) is 11.6. The number of para-hydroxylation sites is 1. The number of nitrogens with zero attached hydrogens (tertiary/aromatic N) is 1. The maximum atomic E-state index is 13.4. The number of hydrogen-bond donors (Lipinski definition) is 1.